The lowest BCUT2D eigenvalue weighted by Gasteiger charge is -1.97. The average Bonchev–Trinajstić information content (AvgIpc) is 2.50. The van der Waals surface area contributed by atoms with Crippen molar-refractivity contribution < 1.29 is 9.15 Å². The Kier molecular flexibility index (Phi) is 3.61. The Morgan fingerprint density at radius 3 is 3.18 bits per heavy atom. The molecule has 0 aliphatic carbocycles. The first-order chi connectivity index (χ1) is 5.43. The van der Waals surface area contributed by atoms with Gasteiger partial charge in [0.1, 0.15) is 6.61 Å². The summed E-state index contributed by atoms with van der Waals surface area (Å²) < 4.78 is 10.1. The highest BCUT2D eigenvalue weighted by molar-refractivity contribution is 4.66. The van der Waals surface area contributed by atoms with Gasteiger partial charge in [0.2, 0.25) is 12.3 Å². The molecule has 0 aliphatic heterocycles. The van der Waals surface area contributed by atoms with Crippen molar-refractivity contribution in [2.24, 2.45) is 0 Å². The summed E-state index contributed by atoms with van der Waals surface area (Å²) in [5, 5.41) is 7.20. The highest BCUT2D eigenvalue weighted by Gasteiger charge is 1.96. The van der Waals surface area contributed by atoms with Crippen molar-refractivity contribution in [3.8, 4) is 0 Å². The van der Waals surface area contributed by atoms with E-state index in [1.807, 2.05) is 0 Å². The number of unbranched alkanes of at least 4 members (excludes halogenated alkanes) is 1. The quantitative estimate of drug-likeness (QED) is 0.604. The van der Waals surface area contributed by atoms with Crippen molar-refractivity contribution in [2.45, 2.75) is 26.4 Å². The van der Waals surface area contributed by atoms with Gasteiger partial charge in [-0.05, 0) is 6.42 Å². The molecule has 0 bridgehead atoms. The van der Waals surface area contributed by atoms with E-state index >= 15 is 0 Å². The number of ether oxygens (including phenoxy) is 1. The zero-order chi connectivity index (χ0) is 7.94. The average molecular weight is 156 g/mol. The van der Waals surface area contributed by atoms with E-state index in [1.165, 1.54) is 6.39 Å². The fraction of sp³-hybridized carbons (Fsp3) is 0.714. The van der Waals surface area contributed by atoms with E-state index in [2.05, 4.69) is 17.1 Å². The molecule has 1 aromatic heterocycles. The Labute approximate surface area is 65.6 Å². The van der Waals surface area contributed by atoms with Gasteiger partial charge in [-0.2, -0.15) is 0 Å². The smallest absolute Gasteiger partial charge is 0.241 e. The van der Waals surface area contributed by atoms with Crippen molar-refractivity contribution in [2.75, 3.05) is 6.61 Å². The van der Waals surface area contributed by atoms with E-state index in [-0.39, 0.29) is 0 Å². The summed E-state index contributed by atoms with van der Waals surface area (Å²) in [6, 6.07) is 0. The van der Waals surface area contributed by atoms with Gasteiger partial charge in [-0.3, -0.25) is 0 Å². The standard InChI is InChI=1S/C7H12N2O2/c1-2-3-4-10-5-7-9-8-6-11-7/h6H,2-5H2,1H3. The van der Waals surface area contributed by atoms with Crippen molar-refractivity contribution >= 4 is 0 Å². The van der Waals surface area contributed by atoms with E-state index in [1.54, 1.807) is 0 Å². The molecule has 0 N–H and O–H groups in total. The van der Waals surface area contributed by atoms with Crippen molar-refractivity contribution in [1.82, 2.24) is 10.2 Å². The van der Waals surface area contributed by atoms with Crippen molar-refractivity contribution in [3.63, 3.8) is 0 Å². The van der Waals surface area contributed by atoms with Gasteiger partial charge in [-0.15, -0.1) is 10.2 Å². The molecule has 0 aliphatic rings. The molecule has 1 heterocycles. The molecule has 0 spiro atoms. The van der Waals surface area contributed by atoms with Gasteiger partial charge in [0.25, 0.3) is 0 Å². The van der Waals surface area contributed by atoms with Crippen LogP contribution in [0.4, 0.5) is 0 Å². The molecule has 0 unspecified atom stereocenters. The fourth-order valence-electron chi connectivity index (χ4n) is 0.665. The molecule has 0 radical (unpaired) electrons. The number of hydrogen-bond acceptors (Lipinski definition) is 4. The summed E-state index contributed by atoms with van der Waals surface area (Å²) in [5.74, 6) is 0.543. The maximum Gasteiger partial charge on any atom is 0.241 e. The minimum Gasteiger partial charge on any atom is -0.425 e. The van der Waals surface area contributed by atoms with Crippen LogP contribution >= 0.6 is 0 Å². The predicted octanol–water partition coefficient (Wildman–Crippen LogP) is 1.39. The fourth-order valence-corrected chi connectivity index (χ4v) is 0.665. The second kappa shape index (κ2) is 4.85. The highest BCUT2D eigenvalue weighted by Crippen LogP contribution is 1.96. The third-order valence-electron chi connectivity index (χ3n) is 1.27. The van der Waals surface area contributed by atoms with Gasteiger partial charge in [0, 0.05) is 6.61 Å². The largest absolute Gasteiger partial charge is 0.425 e. The summed E-state index contributed by atoms with van der Waals surface area (Å²) >= 11 is 0. The zero-order valence-corrected chi connectivity index (χ0v) is 6.62. The predicted molar refractivity (Wildman–Crippen MR) is 38.9 cm³/mol. The Morgan fingerprint density at radius 1 is 1.64 bits per heavy atom. The maximum absolute atomic E-state index is 5.22. The van der Waals surface area contributed by atoms with E-state index in [4.69, 9.17) is 9.15 Å². The molecule has 0 atom stereocenters. The van der Waals surface area contributed by atoms with Gasteiger partial charge in [-0.25, -0.2) is 0 Å². The summed E-state index contributed by atoms with van der Waals surface area (Å²) in [6.45, 7) is 3.31. The molecule has 62 valence electrons. The minimum absolute atomic E-state index is 0.431. The SMILES string of the molecule is CCCCOCc1nnco1. The number of nitrogens with zero attached hydrogens (tertiary/aromatic N) is 2. The van der Waals surface area contributed by atoms with Gasteiger partial charge in [0.15, 0.2) is 0 Å². The Balaban J connectivity index is 2.04. The molecule has 0 amide bonds. The van der Waals surface area contributed by atoms with Crippen LogP contribution in [0, 0.1) is 0 Å². The topological polar surface area (TPSA) is 48.2 Å². The van der Waals surface area contributed by atoms with E-state index < -0.39 is 0 Å². The second-order valence-corrected chi connectivity index (χ2v) is 2.24. The molecule has 1 aromatic rings. The maximum atomic E-state index is 5.22. The molecule has 4 heteroatoms. The van der Waals surface area contributed by atoms with Gasteiger partial charge in [0.05, 0.1) is 0 Å². The molecular weight excluding hydrogens is 144 g/mol. The lowest BCUT2D eigenvalue weighted by Crippen LogP contribution is -1.94. The molecule has 0 saturated heterocycles. The van der Waals surface area contributed by atoms with Gasteiger partial charge < -0.3 is 9.15 Å². The highest BCUT2D eigenvalue weighted by atomic mass is 16.5. The van der Waals surface area contributed by atoms with Gasteiger partial charge in [-0.1, -0.05) is 13.3 Å². The van der Waals surface area contributed by atoms with Crippen LogP contribution in [0.1, 0.15) is 25.7 Å². The Hall–Kier alpha value is -0.900. The monoisotopic (exact) mass is 156 g/mol. The van der Waals surface area contributed by atoms with Crippen LogP contribution in [0.3, 0.4) is 0 Å². The van der Waals surface area contributed by atoms with Crippen LogP contribution in [0.15, 0.2) is 10.8 Å². The second-order valence-electron chi connectivity index (χ2n) is 2.24. The van der Waals surface area contributed by atoms with Crippen LogP contribution in [0.5, 0.6) is 0 Å². The number of rotatable bonds is 5. The third-order valence-corrected chi connectivity index (χ3v) is 1.27. The molecule has 11 heavy (non-hydrogen) atoms. The summed E-state index contributed by atoms with van der Waals surface area (Å²) in [4.78, 5) is 0. The zero-order valence-electron chi connectivity index (χ0n) is 6.62. The first kappa shape index (κ1) is 8.20. The van der Waals surface area contributed by atoms with Crippen LogP contribution in [0.2, 0.25) is 0 Å². The van der Waals surface area contributed by atoms with Crippen LogP contribution in [-0.2, 0) is 11.3 Å². The lowest BCUT2D eigenvalue weighted by molar-refractivity contribution is 0.1000. The molecule has 4 nitrogen and oxygen atoms in total. The van der Waals surface area contributed by atoms with Crippen molar-refractivity contribution in [1.29, 1.82) is 0 Å². The summed E-state index contributed by atoms with van der Waals surface area (Å²) in [5.41, 5.74) is 0. The van der Waals surface area contributed by atoms with Gasteiger partial charge >= 0.3 is 0 Å². The first-order valence-electron chi connectivity index (χ1n) is 3.76. The Bertz CT molecular complexity index is 175. The van der Waals surface area contributed by atoms with E-state index in [9.17, 15) is 0 Å². The first-order valence-corrected chi connectivity index (χ1v) is 3.76. The number of aromatic nitrogens is 2. The van der Waals surface area contributed by atoms with Crippen LogP contribution < -0.4 is 0 Å². The third kappa shape index (κ3) is 3.13. The molecule has 0 saturated carbocycles. The minimum atomic E-state index is 0.431. The van der Waals surface area contributed by atoms with E-state index in [0.717, 1.165) is 19.4 Å². The van der Waals surface area contributed by atoms with Crippen LogP contribution in [0.25, 0.3) is 0 Å². The Morgan fingerprint density at radius 2 is 2.55 bits per heavy atom. The molecule has 1 rings (SSSR count). The lowest BCUT2D eigenvalue weighted by atomic mass is 10.4. The molecular formula is C7H12N2O2. The van der Waals surface area contributed by atoms with E-state index in [0.29, 0.717) is 12.5 Å². The summed E-state index contributed by atoms with van der Waals surface area (Å²) in [6.07, 6.45) is 3.52. The van der Waals surface area contributed by atoms with Crippen molar-refractivity contribution in [3.05, 3.63) is 12.3 Å². The van der Waals surface area contributed by atoms with Crippen LogP contribution in [-0.4, -0.2) is 16.8 Å². The number of hydrogen-bond donors (Lipinski definition) is 0. The summed E-state index contributed by atoms with van der Waals surface area (Å²) in [7, 11) is 0. The molecule has 0 fully saturated rings. The normalized spacial score (nSPS) is 10.3. The molecule has 0 aromatic carbocycles.